The molecule has 0 bridgehead atoms. The molecule has 37 heavy (non-hydrogen) atoms. The highest BCUT2D eigenvalue weighted by molar-refractivity contribution is 5.56. The van der Waals surface area contributed by atoms with Gasteiger partial charge in [0, 0.05) is 12.2 Å². The Balaban J connectivity index is 1.64. The molecule has 0 spiro atoms. The van der Waals surface area contributed by atoms with Gasteiger partial charge in [0.15, 0.2) is 23.0 Å². The number of methoxy groups -OCH3 is 2. The maximum absolute atomic E-state index is 10.4. The maximum atomic E-state index is 10.4. The molecule has 11 heteroatoms. The quantitative estimate of drug-likeness (QED) is 0.249. The molecule has 0 aliphatic carbocycles. The Hall–Kier alpha value is -2.64. The number of fused-ring (bicyclic) bond motifs is 1. The maximum Gasteiger partial charge on any atom is 0.229 e. The fraction of sp³-hybridized carbons (Fsp3) is 0.538. The van der Waals surface area contributed by atoms with Crippen molar-refractivity contribution in [1.82, 2.24) is 0 Å². The van der Waals surface area contributed by atoms with Gasteiger partial charge >= 0.3 is 0 Å². The van der Waals surface area contributed by atoms with Crippen molar-refractivity contribution in [3.05, 3.63) is 47.0 Å². The molecular formula is C26H34O11. The SMILES string of the molecule is COc1ccc([C@@H]2Oc3c(OC)cc(CCCO)cc3[C@@H]2CO)cc1O[C@H]1O[C@@H](CO)[C@H](O)[C@@H](O)[C@@H]1O. The first-order valence-corrected chi connectivity index (χ1v) is 12.1. The van der Waals surface area contributed by atoms with Crippen molar-refractivity contribution in [1.29, 1.82) is 0 Å². The van der Waals surface area contributed by atoms with Gasteiger partial charge in [-0.25, -0.2) is 0 Å². The Labute approximate surface area is 214 Å². The van der Waals surface area contributed by atoms with Crippen molar-refractivity contribution in [3.63, 3.8) is 0 Å². The van der Waals surface area contributed by atoms with E-state index in [1.54, 1.807) is 18.2 Å². The third-order valence-electron chi connectivity index (χ3n) is 6.80. The Kier molecular flexibility index (Phi) is 8.75. The molecule has 0 amide bonds. The first-order valence-electron chi connectivity index (χ1n) is 12.1. The zero-order valence-corrected chi connectivity index (χ0v) is 20.7. The lowest BCUT2D eigenvalue weighted by Gasteiger charge is -2.39. The normalized spacial score (nSPS) is 28.9. The Morgan fingerprint density at radius 2 is 1.59 bits per heavy atom. The molecule has 2 aromatic carbocycles. The van der Waals surface area contributed by atoms with Crippen LogP contribution in [-0.4, -0.2) is 95.4 Å². The monoisotopic (exact) mass is 522 g/mol. The highest BCUT2D eigenvalue weighted by Gasteiger charge is 2.45. The number of aliphatic hydroxyl groups is 6. The van der Waals surface area contributed by atoms with Crippen LogP contribution in [0.1, 0.15) is 35.1 Å². The molecule has 204 valence electrons. The van der Waals surface area contributed by atoms with Crippen molar-refractivity contribution < 1.29 is 54.3 Å². The van der Waals surface area contributed by atoms with Crippen LogP contribution < -0.4 is 18.9 Å². The molecular weight excluding hydrogens is 488 g/mol. The number of rotatable bonds is 10. The highest BCUT2D eigenvalue weighted by Crippen LogP contribution is 2.51. The zero-order chi connectivity index (χ0) is 26.7. The predicted molar refractivity (Wildman–Crippen MR) is 129 cm³/mol. The summed E-state index contributed by atoms with van der Waals surface area (Å²) in [7, 11) is 2.97. The van der Waals surface area contributed by atoms with E-state index in [-0.39, 0.29) is 19.0 Å². The molecule has 1 saturated heterocycles. The molecule has 2 aliphatic rings. The lowest BCUT2D eigenvalue weighted by molar-refractivity contribution is -0.277. The smallest absolute Gasteiger partial charge is 0.229 e. The molecule has 11 nitrogen and oxygen atoms in total. The van der Waals surface area contributed by atoms with Gasteiger partial charge in [0.25, 0.3) is 0 Å². The number of benzene rings is 2. The summed E-state index contributed by atoms with van der Waals surface area (Å²) in [6.07, 6.45) is -6.60. The van der Waals surface area contributed by atoms with E-state index in [4.69, 9.17) is 23.7 Å². The third-order valence-corrected chi connectivity index (χ3v) is 6.80. The van der Waals surface area contributed by atoms with Crippen LogP contribution in [-0.2, 0) is 11.2 Å². The van der Waals surface area contributed by atoms with E-state index in [9.17, 15) is 30.6 Å². The van der Waals surface area contributed by atoms with E-state index < -0.39 is 49.3 Å². The third kappa shape index (κ3) is 5.34. The number of ether oxygens (including phenoxy) is 5. The summed E-state index contributed by atoms with van der Waals surface area (Å²) in [6, 6.07) is 8.83. The Morgan fingerprint density at radius 1 is 0.838 bits per heavy atom. The molecule has 2 aromatic rings. The summed E-state index contributed by atoms with van der Waals surface area (Å²) in [5.41, 5.74) is 2.37. The van der Waals surface area contributed by atoms with Crippen molar-refractivity contribution in [3.8, 4) is 23.0 Å². The van der Waals surface area contributed by atoms with Crippen molar-refractivity contribution >= 4 is 0 Å². The summed E-state index contributed by atoms with van der Waals surface area (Å²) in [5, 5.41) is 59.6. The molecule has 7 atom stereocenters. The number of aryl methyl sites for hydroxylation is 1. The van der Waals surface area contributed by atoms with Gasteiger partial charge in [0.1, 0.15) is 30.5 Å². The van der Waals surface area contributed by atoms with Gasteiger partial charge in [0.05, 0.1) is 33.4 Å². The van der Waals surface area contributed by atoms with Crippen molar-refractivity contribution in [2.75, 3.05) is 34.0 Å². The van der Waals surface area contributed by atoms with Gasteiger partial charge in [-0.2, -0.15) is 0 Å². The Morgan fingerprint density at radius 3 is 2.24 bits per heavy atom. The minimum absolute atomic E-state index is 0.0605. The minimum atomic E-state index is -1.59. The van der Waals surface area contributed by atoms with Crippen LogP contribution in [0.25, 0.3) is 0 Å². The molecule has 0 saturated carbocycles. The average molecular weight is 523 g/mol. The van der Waals surface area contributed by atoms with E-state index in [0.29, 0.717) is 35.7 Å². The van der Waals surface area contributed by atoms with Crippen LogP contribution in [0.2, 0.25) is 0 Å². The molecule has 1 fully saturated rings. The second-order valence-electron chi connectivity index (χ2n) is 9.10. The fourth-order valence-electron chi connectivity index (χ4n) is 4.78. The number of hydrogen-bond donors (Lipinski definition) is 6. The summed E-state index contributed by atoms with van der Waals surface area (Å²) in [6.45, 7) is -0.735. The number of hydrogen-bond acceptors (Lipinski definition) is 11. The van der Waals surface area contributed by atoms with Gasteiger partial charge in [-0.3, -0.25) is 0 Å². The van der Waals surface area contributed by atoms with Gasteiger partial charge in [0.2, 0.25) is 6.29 Å². The van der Waals surface area contributed by atoms with Crippen LogP contribution in [0.5, 0.6) is 23.0 Å². The average Bonchev–Trinajstić information content (AvgIpc) is 3.30. The van der Waals surface area contributed by atoms with Gasteiger partial charge in [-0.1, -0.05) is 12.1 Å². The Bertz CT molecular complexity index is 1060. The van der Waals surface area contributed by atoms with Crippen LogP contribution in [0, 0.1) is 0 Å². The fourth-order valence-corrected chi connectivity index (χ4v) is 4.78. The van der Waals surface area contributed by atoms with Crippen LogP contribution in [0.4, 0.5) is 0 Å². The molecule has 0 unspecified atom stereocenters. The van der Waals surface area contributed by atoms with Gasteiger partial charge in [-0.05, 0) is 42.2 Å². The molecule has 6 N–H and O–H groups in total. The van der Waals surface area contributed by atoms with E-state index in [1.165, 1.54) is 14.2 Å². The summed E-state index contributed by atoms with van der Waals surface area (Å²) in [5.74, 6) is 1.09. The minimum Gasteiger partial charge on any atom is -0.493 e. The first-order chi connectivity index (χ1) is 17.9. The predicted octanol–water partition coefficient (Wildman–Crippen LogP) is 0.0170. The number of aliphatic hydroxyl groups excluding tert-OH is 6. The molecule has 0 aromatic heterocycles. The van der Waals surface area contributed by atoms with Gasteiger partial charge in [-0.15, -0.1) is 0 Å². The van der Waals surface area contributed by atoms with E-state index >= 15 is 0 Å². The largest absolute Gasteiger partial charge is 0.493 e. The van der Waals surface area contributed by atoms with E-state index in [2.05, 4.69) is 0 Å². The molecule has 2 aliphatic heterocycles. The second kappa shape index (κ2) is 11.8. The summed E-state index contributed by atoms with van der Waals surface area (Å²) < 4.78 is 28.5. The van der Waals surface area contributed by atoms with E-state index in [1.807, 2.05) is 12.1 Å². The van der Waals surface area contributed by atoms with Crippen molar-refractivity contribution in [2.45, 2.75) is 55.6 Å². The molecule has 0 radical (unpaired) electrons. The lowest BCUT2D eigenvalue weighted by atomic mass is 9.90. The van der Waals surface area contributed by atoms with E-state index in [0.717, 1.165) is 11.1 Å². The summed E-state index contributed by atoms with van der Waals surface area (Å²) in [4.78, 5) is 0. The standard InChI is InChI=1S/C26H34O11/c1-33-17-6-5-14(10-18(17)35-26-23(32)22(31)21(30)20(12-29)36-26)24-16(11-28)15-8-13(4-3-7-27)9-19(34-2)25(15)37-24/h5-6,8-10,16,20-24,26-32H,3-4,7,11-12H2,1-2H3/t16-,20-,21-,22+,23-,24-,26-/m0/s1. The van der Waals surface area contributed by atoms with Crippen LogP contribution in [0.15, 0.2) is 30.3 Å². The second-order valence-corrected chi connectivity index (χ2v) is 9.10. The van der Waals surface area contributed by atoms with Crippen LogP contribution >= 0.6 is 0 Å². The van der Waals surface area contributed by atoms with Crippen LogP contribution in [0.3, 0.4) is 0 Å². The highest BCUT2D eigenvalue weighted by atomic mass is 16.7. The zero-order valence-electron chi connectivity index (χ0n) is 20.7. The molecule has 4 rings (SSSR count). The molecule has 2 heterocycles. The van der Waals surface area contributed by atoms with Crippen molar-refractivity contribution in [2.24, 2.45) is 0 Å². The summed E-state index contributed by atoms with van der Waals surface area (Å²) >= 11 is 0. The topological polar surface area (TPSA) is 168 Å². The first kappa shape index (κ1) is 27.4. The lowest BCUT2D eigenvalue weighted by Crippen LogP contribution is -2.60. The van der Waals surface area contributed by atoms with Gasteiger partial charge < -0.3 is 54.3 Å².